The Morgan fingerprint density at radius 1 is 1.40 bits per heavy atom. The van der Waals surface area contributed by atoms with Gasteiger partial charge in [-0.15, -0.1) is 0 Å². The van der Waals surface area contributed by atoms with Gasteiger partial charge in [-0.05, 0) is 25.0 Å². The van der Waals surface area contributed by atoms with Crippen LogP contribution in [0.2, 0.25) is 0 Å². The molecule has 1 unspecified atom stereocenters. The number of nitrogens with zero attached hydrogens (tertiary/aromatic N) is 3. The largest absolute Gasteiger partial charge is 0.497 e. The van der Waals surface area contributed by atoms with Gasteiger partial charge in [0.25, 0.3) is 0 Å². The van der Waals surface area contributed by atoms with E-state index < -0.39 is 0 Å². The maximum Gasteiger partial charge on any atom is 0.164 e. The lowest BCUT2D eigenvalue weighted by Gasteiger charge is -2.14. The molecule has 2 aromatic rings. The zero-order valence-electron chi connectivity index (χ0n) is 12.0. The fourth-order valence-corrected chi connectivity index (χ4v) is 1.90. The molecular formula is C14H20N4O2. The van der Waals surface area contributed by atoms with E-state index in [4.69, 9.17) is 15.2 Å². The molecule has 0 aliphatic heterocycles. The van der Waals surface area contributed by atoms with Gasteiger partial charge in [0.15, 0.2) is 5.82 Å². The number of hydrogen-bond acceptors (Lipinski definition) is 5. The van der Waals surface area contributed by atoms with E-state index in [0.717, 1.165) is 29.3 Å². The second kappa shape index (κ2) is 6.38. The average Bonchev–Trinajstić information content (AvgIpc) is 2.82. The second-order valence-corrected chi connectivity index (χ2v) is 4.74. The number of ether oxygens (including phenoxy) is 2. The summed E-state index contributed by atoms with van der Waals surface area (Å²) in [5, 5.41) is 4.01. The van der Waals surface area contributed by atoms with Crippen molar-refractivity contribution < 1.29 is 9.47 Å². The standard InChI is InChI=1S/C14H20N4O2/c1-10(15)6-11-4-5-12(19-3)7-13(11)20-8-14-16-9-17-18(14)2/h4-5,7,9-10H,6,8,15H2,1-3H3. The quantitative estimate of drug-likeness (QED) is 0.860. The topological polar surface area (TPSA) is 75.2 Å². The third kappa shape index (κ3) is 3.48. The van der Waals surface area contributed by atoms with Crippen LogP contribution in [0.3, 0.4) is 0 Å². The lowest BCUT2D eigenvalue weighted by atomic mass is 10.1. The van der Waals surface area contributed by atoms with Crippen LogP contribution < -0.4 is 15.2 Å². The molecule has 6 heteroatoms. The number of methoxy groups -OCH3 is 1. The van der Waals surface area contributed by atoms with Gasteiger partial charge in [-0.2, -0.15) is 5.10 Å². The van der Waals surface area contributed by atoms with Crippen LogP contribution in [0.25, 0.3) is 0 Å². The van der Waals surface area contributed by atoms with Crippen molar-refractivity contribution in [3.63, 3.8) is 0 Å². The van der Waals surface area contributed by atoms with Gasteiger partial charge in [0.05, 0.1) is 7.11 Å². The zero-order valence-corrected chi connectivity index (χ0v) is 12.0. The van der Waals surface area contributed by atoms with Crippen LogP contribution in [-0.2, 0) is 20.1 Å². The molecule has 0 radical (unpaired) electrons. The van der Waals surface area contributed by atoms with Crippen LogP contribution in [0.1, 0.15) is 18.3 Å². The first-order valence-electron chi connectivity index (χ1n) is 6.48. The van der Waals surface area contributed by atoms with Crippen molar-refractivity contribution in [2.24, 2.45) is 12.8 Å². The summed E-state index contributed by atoms with van der Waals surface area (Å²) in [5.41, 5.74) is 6.92. The first-order chi connectivity index (χ1) is 9.60. The minimum atomic E-state index is 0.0700. The van der Waals surface area contributed by atoms with Crippen molar-refractivity contribution in [2.45, 2.75) is 26.0 Å². The zero-order chi connectivity index (χ0) is 14.5. The number of rotatable bonds is 6. The van der Waals surface area contributed by atoms with Gasteiger partial charge in [-0.25, -0.2) is 4.98 Å². The summed E-state index contributed by atoms with van der Waals surface area (Å²) in [7, 11) is 3.47. The van der Waals surface area contributed by atoms with Crippen molar-refractivity contribution in [1.82, 2.24) is 14.8 Å². The van der Waals surface area contributed by atoms with Gasteiger partial charge in [0.1, 0.15) is 24.4 Å². The van der Waals surface area contributed by atoms with E-state index in [9.17, 15) is 0 Å². The fraction of sp³-hybridized carbons (Fsp3) is 0.429. The van der Waals surface area contributed by atoms with E-state index in [1.807, 2.05) is 32.2 Å². The van der Waals surface area contributed by atoms with Gasteiger partial charge >= 0.3 is 0 Å². The van der Waals surface area contributed by atoms with Crippen molar-refractivity contribution in [2.75, 3.05) is 7.11 Å². The van der Waals surface area contributed by atoms with Crippen molar-refractivity contribution in [3.8, 4) is 11.5 Å². The molecule has 0 aliphatic carbocycles. The highest BCUT2D eigenvalue weighted by atomic mass is 16.5. The molecule has 0 saturated heterocycles. The molecule has 1 atom stereocenters. The Labute approximate surface area is 118 Å². The first-order valence-corrected chi connectivity index (χ1v) is 6.48. The average molecular weight is 276 g/mol. The maximum absolute atomic E-state index is 5.87. The Hall–Kier alpha value is -2.08. The molecule has 0 spiro atoms. The summed E-state index contributed by atoms with van der Waals surface area (Å²) in [4.78, 5) is 4.13. The molecule has 2 N–H and O–H groups in total. The summed E-state index contributed by atoms with van der Waals surface area (Å²) in [5.74, 6) is 2.29. The van der Waals surface area contributed by atoms with Crippen molar-refractivity contribution >= 4 is 0 Å². The molecule has 2 rings (SSSR count). The first kappa shape index (κ1) is 14.3. The van der Waals surface area contributed by atoms with Gasteiger partial charge in [-0.1, -0.05) is 6.07 Å². The molecule has 0 aliphatic rings. The van der Waals surface area contributed by atoms with Crippen LogP contribution in [0.15, 0.2) is 24.5 Å². The lowest BCUT2D eigenvalue weighted by molar-refractivity contribution is 0.284. The predicted octanol–water partition coefficient (Wildman–Crippen LogP) is 1.29. The number of aromatic nitrogens is 3. The van der Waals surface area contributed by atoms with E-state index in [1.54, 1.807) is 11.8 Å². The van der Waals surface area contributed by atoms with E-state index in [-0.39, 0.29) is 6.04 Å². The van der Waals surface area contributed by atoms with E-state index in [1.165, 1.54) is 6.33 Å². The van der Waals surface area contributed by atoms with E-state index in [0.29, 0.717) is 6.61 Å². The van der Waals surface area contributed by atoms with Crippen molar-refractivity contribution in [1.29, 1.82) is 0 Å². The van der Waals surface area contributed by atoms with Gasteiger partial charge in [0, 0.05) is 19.2 Å². The lowest BCUT2D eigenvalue weighted by Crippen LogP contribution is -2.18. The molecule has 0 bridgehead atoms. The van der Waals surface area contributed by atoms with Crippen LogP contribution in [-0.4, -0.2) is 27.9 Å². The third-order valence-corrected chi connectivity index (χ3v) is 2.98. The molecule has 108 valence electrons. The summed E-state index contributed by atoms with van der Waals surface area (Å²) in [6, 6.07) is 5.83. The molecule has 0 amide bonds. The molecule has 6 nitrogen and oxygen atoms in total. The van der Waals surface area contributed by atoms with Gasteiger partial charge in [-0.3, -0.25) is 4.68 Å². The smallest absolute Gasteiger partial charge is 0.164 e. The molecule has 1 aromatic carbocycles. The van der Waals surface area contributed by atoms with E-state index in [2.05, 4.69) is 10.1 Å². The molecule has 0 saturated carbocycles. The Morgan fingerprint density at radius 3 is 2.80 bits per heavy atom. The van der Waals surface area contributed by atoms with Gasteiger partial charge < -0.3 is 15.2 Å². The highest BCUT2D eigenvalue weighted by Crippen LogP contribution is 2.26. The SMILES string of the molecule is COc1ccc(CC(C)N)c(OCc2ncnn2C)c1. The normalized spacial score (nSPS) is 12.2. The number of aryl methyl sites for hydroxylation is 1. The maximum atomic E-state index is 5.87. The third-order valence-electron chi connectivity index (χ3n) is 2.98. The number of hydrogen-bond donors (Lipinski definition) is 1. The second-order valence-electron chi connectivity index (χ2n) is 4.74. The molecular weight excluding hydrogens is 256 g/mol. The van der Waals surface area contributed by atoms with Crippen LogP contribution in [0.5, 0.6) is 11.5 Å². The van der Waals surface area contributed by atoms with Gasteiger partial charge in [0.2, 0.25) is 0 Å². The van der Waals surface area contributed by atoms with Crippen molar-refractivity contribution in [3.05, 3.63) is 35.9 Å². The Bertz CT molecular complexity index is 566. The molecule has 1 heterocycles. The fourth-order valence-electron chi connectivity index (χ4n) is 1.90. The van der Waals surface area contributed by atoms with Crippen LogP contribution in [0, 0.1) is 0 Å². The minimum absolute atomic E-state index is 0.0700. The molecule has 0 fully saturated rings. The Morgan fingerprint density at radius 2 is 2.20 bits per heavy atom. The molecule has 1 aromatic heterocycles. The summed E-state index contributed by atoms with van der Waals surface area (Å²) >= 11 is 0. The highest BCUT2D eigenvalue weighted by Gasteiger charge is 2.10. The minimum Gasteiger partial charge on any atom is -0.497 e. The summed E-state index contributed by atoms with van der Waals surface area (Å²) in [6.07, 6.45) is 2.26. The Balaban J connectivity index is 2.17. The summed E-state index contributed by atoms with van der Waals surface area (Å²) < 4.78 is 12.8. The van der Waals surface area contributed by atoms with Crippen LogP contribution in [0.4, 0.5) is 0 Å². The van der Waals surface area contributed by atoms with Crippen LogP contribution >= 0.6 is 0 Å². The van der Waals surface area contributed by atoms with E-state index >= 15 is 0 Å². The summed E-state index contributed by atoms with van der Waals surface area (Å²) in [6.45, 7) is 2.33. The predicted molar refractivity (Wildman–Crippen MR) is 75.7 cm³/mol. The monoisotopic (exact) mass is 276 g/mol. The number of benzene rings is 1. The number of nitrogens with two attached hydrogens (primary N) is 1. The molecule has 20 heavy (non-hydrogen) atoms. The Kier molecular flexibility index (Phi) is 4.57. The highest BCUT2D eigenvalue weighted by molar-refractivity contribution is 5.41.